The zero-order chi connectivity index (χ0) is 15.2. The van der Waals surface area contributed by atoms with Crippen molar-refractivity contribution in [2.24, 2.45) is 0 Å². The van der Waals surface area contributed by atoms with Crippen molar-refractivity contribution in [2.45, 2.75) is 12.6 Å². The van der Waals surface area contributed by atoms with Crippen molar-refractivity contribution < 1.29 is 13.9 Å². The first kappa shape index (κ1) is 15.0. The number of rotatable bonds is 5. The van der Waals surface area contributed by atoms with Gasteiger partial charge in [-0.15, -0.1) is 0 Å². The van der Waals surface area contributed by atoms with Crippen LogP contribution in [0.2, 0.25) is 0 Å². The normalized spacial score (nSPS) is 19.0. The second-order valence-electron chi connectivity index (χ2n) is 5.48. The molecule has 1 aliphatic rings. The lowest BCUT2D eigenvalue weighted by Gasteiger charge is -2.32. The lowest BCUT2D eigenvalue weighted by atomic mass is 10.2. The van der Waals surface area contributed by atoms with Crippen molar-refractivity contribution in [2.75, 3.05) is 26.3 Å². The predicted octanol–water partition coefficient (Wildman–Crippen LogP) is 3.11. The van der Waals surface area contributed by atoms with Crippen molar-refractivity contribution in [1.29, 1.82) is 0 Å². The summed E-state index contributed by atoms with van der Waals surface area (Å²) in [5, 5.41) is 0. The van der Waals surface area contributed by atoms with Crippen LogP contribution in [0, 0.1) is 5.82 Å². The van der Waals surface area contributed by atoms with Gasteiger partial charge in [0.1, 0.15) is 24.3 Å². The largest absolute Gasteiger partial charge is 0.491 e. The molecule has 22 heavy (non-hydrogen) atoms. The molecule has 0 saturated carbocycles. The van der Waals surface area contributed by atoms with Crippen molar-refractivity contribution in [3.63, 3.8) is 0 Å². The van der Waals surface area contributed by atoms with E-state index in [9.17, 15) is 4.39 Å². The number of hydrogen-bond acceptors (Lipinski definition) is 3. The molecule has 1 unspecified atom stereocenters. The Labute approximate surface area is 130 Å². The maximum absolute atomic E-state index is 12.9. The summed E-state index contributed by atoms with van der Waals surface area (Å²) in [7, 11) is 0. The fraction of sp³-hybridized carbons (Fsp3) is 0.333. The molecule has 0 bridgehead atoms. The van der Waals surface area contributed by atoms with Crippen LogP contribution in [0.4, 0.5) is 4.39 Å². The van der Waals surface area contributed by atoms with Crippen molar-refractivity contribution in [3.05, 3.63) is 66.0 Å². The van der Waals surface area contributed by atoms with E-state index in [1.54, 1.807) is 0 Å². The van der Waals surface area contributed by atoms with Gasteiger partial charge in [-0.3, -0.25) is 4.90 Å². The summed E-state index contributed by atoms with van der Waals surface area (Å²) in [6.45, 7) is 3.77. The van der Waals surface area contributed by atoms with E-state index in [1.165, 1.54) is 12.1 Å². The zero-order valence-corrected chi connectivity index (χ0v) is 12.5. The fourth-order valence-electron chi connectivity index (χ4n) is 2.58. The molecular formula is C18H20FNO2. The monoisotopic (exact) mass is 301 g/mol. The van der Waals surface area contributed by atoms with Crippen LogP contribution in [-0.4, -0.2) is 37.3 Å². The molecule has 2 aromatic rings. The molecule has 1 fully saturated rings. The molecule has 0 amide bonds. The molecule has 3 nitrogen and oxygen atoms in total. The van der Waals surface area contributed by atoms with Gasteiger partial charge in [0.2, 0.25) is 0 Å². The highest BCUT2D eigenvalue weighted by Gasteiger charge is 2.21. The van der Waals surface area contributed by atoms with Gasteiger partial charge in [-0.2, -0.15) is 0 Å². The summed E-state index contributed by atoms with van der Waals surface area (Å²) in [6, 6.07) is 16.4. The molecule has 4 heteroatoms. The minimum atomic E-state index is -0.195. The van der Waals surface area contributed by atoms with E-state index < -0.39 is 0 Å². The maximum atomic E-state index is 12.9. The summed E-state index contributed by atoms with van der Waals surface area (Å²) in [4.78, 5) is 2.32. The van der Waals surface area contributed by atoms with Crippen LogP contribution in [0.15, 0.2) is 54.6 Å². The van der Waals surface area contributed by atoms with Crippen LogP contribution in [0.3, 0.4) is 0 Å². The van der Waals surface area contributed by atoms with Gasteiger partial charge in [-0.25, -0.2) is 4.39 Å². The van der Waals surface area contributed by atoms with Crippen molar-refractivity contribution in [3.8, 4) is 5.75 Å². The van der Waals surface area contributed by atoms with Crippen LogP contribution in [0.1, 0.15) is 5.56 Å². The number of morpholine rings is 1. The third-order valence-electron chi connectivity index (χ3n) is 3.72. The molecular weight excluding hydrogens is 281 g/mol. The van der Waals surface area contributed by atoms with Crippen molar-refractivity contribution in [1.82, 2.24) is 4.90 Å². The van der Waals surface area contributed by atoms with E-state index in [4.69, 9.17) is 9.47 Å². The average molecular weight is 301 g/mol. The third-order valence-corrected chi connectivity index (χ3v) is 3.72. The lowest BCUT2D eigenvalue weighted by Crippen LogP contribution is -2.44. The first-order valence-corrected chi connectivity index (χ1v) is 7.56. The first-order valence-electron chi connectivity index (χ1n) is 7.56. The fourth-order valence-corrected chi connectivity index (χ4v) is 2.58. The van der Waals surface area contributed by atoms with Crippen LogP contribution < -0.4 is 4.74 Å². The summed E-state index contributed by atoms with van der Waals surface area (Å²) in [5.41, 5.74) is 1.12. The Kier molecular flexibility index (Phi) is 5.03. The number of nitrogens with zero attached hydrogens (tertiary/aromatic N) is 1. The average Bonchev–Trinajstić information content (AvgIpc) is 2.57. The van der Waals surface area contributed by atoms with E-state index >= 15 is 0 Å². The van der Waals surface area contributed by atoms with Crippen LogP contribution in [-0.2, 0) is 11.3 Å². The first-order chi connectivity index (χ1) is 10.8. The zero-order valence-electron chi connectivity index (χ0n) is 12.5. The molecule has 0 N–H and O–H groups in total. The topological polar surface area (TPSA) is 21.7 Å². The Morgan fingerprint density at radius 1 is 1.09 bits per heavy atom. The summed E-state index contributed by atoms with van der Waals surface area (Å²) in [6.07, 6.45) is 0.0643. The highest BCUT2D eigenvalue weighted by Crippen LogP contribution is 2.14. The van der Waals surface area contributed by atoms with Crippen LogP contribution in [0.5, 0.6) is 5.75 Å². The predicted molar refractivity (Wildman–Crippen MR) is 83.4 cm³/mol. The SMILES string of the molecule is Fc1ccc(CN2CCOC(COc3ccccc3)C2)cc1. The Hall–Kier alpha value is -1.91. The Balaban J connectivity index is 1.49. The van der Waals surface area contributed by atoms with Crippen LogP contribution in [0.25, 0.3) is 0 Å². The number of benzene rings is 2. The Morgan fingerprint density at radius 2 is 1.86 bits per heavy atom. The highest BCUT2D eigenvalue weighted by molar-refractivity contribution is 5.21. The molecule has 0 spiro atoms. The van der Waals surface area contributed by atoms with E-state index in [0.717, 1.165) is 30.9 Å². The molecule has 0 aromatic heterocycles. The molecule has 116 valence electrons. The van der Waals surface area contributed by atoms with Gasteiger partial charge in [0.05, 0.1) is 6.61 Å². The van der Waals surface area contributed by atoms with E-state index in [2.05, 4.69) is 4.90 Å². The molecule has 1 aliphatic heterocycles. The van der Waals surface area contributed by atoms with Gasteiger partial charge in [0, 0.05) is 19.6 Å². The second-order valence-corrected chi connectivity index (χ2v) is 5.48. The summed E-state index contributed by atoms with van der Waals surface area (Å²) in [5.74, 6) is 0.668. The number of halogens is 1. The minimum absolute atomic E-state index is 0.0643. The van der Waals surface area contributed by atoms with Gasteiger partial charge in [0.15, 0.2) is 0 Å². The third kappa shape index (κ3) is 4.29. The van der Waals surface area contributed by atoms with Gasteiger partial charge in [0.25, 0.3) is 0 Å². The quantitative estimate of drug-likeness (QED) is 0.847. The van der Waals surface area contributed by atoms with E-state index in [1.807, 2.05) is 42.5 Å². The van der Waals surface area contributed by atoms with Gasteiger partial charge in [-0.1, -0.05) is 30.3 Å². The molecule has 2 aromatic carbocycles. The molecule has 0 radical (unpaired) electrons. The maximum Gasteiger partial charge on any atom is 0.123 e. The van der Waals surface area contributed by atoms with Gasteiger partial charge < -0.3 is 9.47 Å². The second kappa shape index (κ2) is 7.38. The smallest absolute Gasteiger partial charge is 0.123 e. The van der Waals surface area contributed by atoms with Crippen molar-refractivity contribution >= 4 is 0 Å². The Bertz CT molecular complexity index is 573. The molecule has 0 aliphatic carbocycles. The minimum Gasteiger partial charge on any atom is -0.491 e. The standard InChI is InChI=1S/C18H20FNO2/c19-16-8-6-15(7-9-16)12-20-10-11-21-18(13-20)14-22-17-4-2-1-3-5-17/h1-9,18H,10-14H2. The molecule has 1 saturated heterocycles. The molecule has 1 heterocycles. The molecule has 1 atom stereocenters. The molecule has 3 rings (SSSR count). The number of ether oxygens (including phenoxy) is 2. The number of hydrogen-bond donors (Lipinski definition) is 0. The van der Waals surface area contributed by atoms with Gasteiger partial charge in [-0.05, 0) is 29.8 Å². The highest BCUT2D eigenvalue weighted by atomic mass is 19.1. The lowest BCUT2D eigenvalue weighted by molar-refractivity contribution is -0.0504. The van der Waals surface area contributed by atoms with Crippen LogP contribution >= 0.6 is 0 Å². The summed E-state index contributed by atoms with van der Waals surface area (Å²) >= 11 is 0. The summed E-state index contributed by atoms with van der Waals surface area (Å²) < 4.78 is 24.5. The van der Waals surface area contributed by atoms with Gasteiger partial charge >= 0.3 is 0 Å². The van der Waals surface area contributed by atoms with E-state index in [-0.39, 0.29) is 11.9 Å². The van der Waals surface area contributed by atoms with E-state index in [0.29, 0.717) is 13.2 Å². The Morgan fingerprint density at radius 3 is 2.64 bits per heavy atom. The number of para-hydroxylation sites is 1.